The van der Waals surface area contributed by atoms with Gasteiger partial charge in [-0.15, -0.1) is 0 Å². The maximum atomic E-state index is 14.4. The van der Waals surface area contributed by atoms with Crippen molar-refractivity contribution in [1.29, 1.82) is 0 Å². The van der Waals surface area contributed by atoms with Crippen molar-refractivity contribution in [2.45, 2.75) is 131 Å². The third-order valence-electron chi connectivity index (χ3n) is 9.96. The van der Waals surface area contributed by atoms with E-state index < -0.39 is 47.5 Å². The number of benzene rings is 1. The smallest absolute Gasteiger partial charge is 0.408 e. The van der Waals surface area contributed by atoms with Crippen molar-refractivity contribution in [3.05, 3.63) is 23.9 Å². The molecule has 6 atom stereocenters. The van der Waals surface area contributed by atoms with E-state index in [1.165, 1.54) is 4.90 Å². The molecule has 0 spiro atoms. The third-order valence-corrected chi connectivity index (χ3v) is 9.96. The van der Waals surface area contributed by atoms with Crippen LogP contribution < -0.4 is 14.8 Å². The molecule has 11 heteroatoms. The lowest BCUT2D eigenvalue weighted by atomic mass is 9.84. The first kappa shape index (κ1) is 38.2. The van der Waals surface area contributed by atoms with Crippen molar-refractivity contribution in [2.75, 3.05) is 20.8 Å². The molecule has 2 heterocycles. The topological polar surface area (TPSA) is 129 Å². The molecule has 2 aromatic rings. The van der Waals surface area contributed by atoms with Gasteiger partial charge in [0.1, 0.15) is 35.7 Å². The molecule has 49 heavy (non-hydrogen) atoms. The number of nitrogens with zero attached hydrogens (tertiary/aromatic N) is 3. The number of esters is 1. The molecule has 1 aliphatic heterocycles. The van der Waals surface area contributed by atoms with Crippen LogP contribution in [0.15, 0.2) is 18.2 Å². The molecule has 0 bridgehead atoms. The molecule has 11 nitrogen and oxygen atoms in total. The Hall–Kier alpha value is -3.63. The Morgan fingerprint density at radius 1 is 1.04 bits per heavy atom. The molecule has 4 rings (SSSR count). The molecule has 1 aromatic heterocycles. The van der Waals surface area contributed by atoms with Gasteiger partial charge in [0, 0.05) is 19.0 Å². The second-order valence-corrected chi connectivity index (χ2v) is 15.3. The predicted molar refractivity (Wildman–Crippen MR) is 188 cm³/mol. The average Bonchev–Trinajstić information content (AvgIpc) is 3.49. The monoisotopic (exact) mass is 682 g/mol. The number of carbonyl (C=O) groups excluding carboxylic acids is 3. The van der Waals surface area contributed by atoms with Crippen molar-refractivity contribution in [1.82, 2.24) is 20.2 Å². The summed E-state index contributed by atoms with van der Waals surface area (Å²) >= 11 is 0. The first-order valence-corrected chi connectivity index (χ1v) is 18.1. The number of fused-ring (bicyclic) bond motifs is 3. The van der Waals surface area contributed by atoms with Crippen LogP contribution in [-0.2, 0) is 25.5 Å². The molecule has 0 unspecified atom stereocenters. The van der Waals surface area contributed by atoms with Gasteiger partial charge in [0.15, 0.2) is 0 Å². The lowest BCUT2D eigenvalue weighted by Gasteiger charge is -2.39. The van der Waals surface area contributed by atoms with Gasteiger partial charge in [0.05, 0.1) is 24.8 Å². The molecule has 1 aliphatic carbocycles. The highest BCUT2D eigenvalue weighted by Crippen LogP contribution is 2.34. The zero-order chi connectivity index (χ0) is 35.9. The van der Waals surface area contributed by atoms with Crippen LogP contribution in [-0.4, -0.2) is 77.9 Å². The summed E-state index contributed by atoms with van der Waals surface area (Å²) in [6.07, 6.45) is 6.50. The van der Waals surface area contributed by atoms with E-state index in [2.05, 4.69) is 5.32 Å². The van der Waals surface area contributed by atoms with Gasteiger partial charge in [0.25, 0.3) is 0 Å². The van der Waals surface area contributed by atoms with Crippen molar-refractivity contribution in [2.24, 2.45) is 23.2 Å². The molecule has 2 aliphatic rings. The molecule has 1 N–H and O–H groups in total. The quantitative estimate of drug-likeness (QED) is 0.336. The zero-order valence-electron chi connectivity index (χ0n) is 31.0. The zero-order valence-corrected chi connectivity index (χ0v) is 31.0. The number of ether oxygens (including phenoxy) is 4. The van der Waals surface area contributed by atoms with Gasteiger partial charge in [-0.3, -0.25) is 4.79 Å². The summed E-state index contributed by atoms with van der Waals surface area (Å²) in [5.74, 6) is 0.0693. The van der Waals surface area contributed by atoms with E-state index in [-0.39, 0.29) is 24.5 Å². The van der Waals surface area contributed by atoms with Gasteiger partial charge < -0.3 is 29.2 Å². The number of hydrogen-bond donors (Lipinski definition) is 1. The Balaban J connectivity index is 1.78. The van der Waals surface area contributed by atoms with Gasteiger partial charge in [-0.2, -0.15) is 0 Å². The number of methoxy groups -OCH3 is 1. The Morgan fingerprint density at radius 2 is 1.78 bits per heavy atom. The Morgan fingerprint density at radius 3 is 2.45 bits per heavy atom. The molecule has 1 aromatic carbocycles. The lowest BCUT2D eigenvalue weighted by Crippen LogP contribution is -2.60. The van der Waals surface area contributed by atoms with Crippen molar-refractivity contribution < 1.29 is 33.3 Å². The first-order chi connectivity index (χ1) is 23.2. The summed E-state index contributed by atoms with van der Waals surface area (Å²) in [6.45, 7) is 13.7. The van der Waals surface area contributed by atoms with E-state index in [1.54, 1.807) is 14.2 Å². The van der Waals surface area contributed by atoms with Crippen LogP contribution >= 0.6 is 0 Å². The minimum Gasteiger partial charge on any atom is -0.497 e. The van der Waals surface area contributed by atoms with Gasteiger partial charge in [-0.05, 0) is 81.3 Å². The second kappa shape index (κ2) is 16.9. The number of hydrogen-bond acceptors (Lipinski definition) is 9. The van der Waals surface area contributed by atoms with Gasteiger partial charge in [0.2, 0.25) is 11.8 Å². The molecule has 2 amide bonds. The number of aromatic nitrogens is 2. The van der Waals surface area contributed by atoms with Crippen LogP contribution in [0, 0.1) is 23.2 Å². The summed E-state index contributed by atoms with van der Waals surface area (Å²) in [4.78, 5) is 53.0. The van der Waals surface area contributed by atoms with Crippen LogP contribution in [0.4, 0.5) is 4.79 Å². The van der Waals surface area contributed by atoms with Gasteiger partial charge in [-0.1, -0.05) is 54.4 Å². The van der Waals surface area contributed by atoms with E-state index in [4.69, 9.17) is 28.9 Å². The molecular weight excluding hydrogens is 624 g/mol. The summed E-state index contributed by atoms with van der Waals surface area (Å²) in [7, 11) is 3.22. The van der Waals surface area contributed by atoms with Crippen molar-refractivity contribution >= 4 is 29.0 Å². The molecule has 1 saturated carbocycles. The normalized spacial score (nSPS) is 26.4. The van der Waals surface area contributed by atoms with E-state index in [0.717, 1.165) is 56.2 Å². The van der Waals surface area contributed by atoms with Crippen molar-refractivity contribution in [3.63, 3.8) is 0 Å². The minimum atomic E-state index is -0.993. The fourth-order valence-electron chi connectivity index (χ4n) is 7.11. The average molecular weight is 683 g/mol. The highest BCUT2D eigenvalue weighted by Gasteiger charge is 2.44. The highest BCUT2D eigenvalue weighted by atomic mass is 16.6. The Labute approximate surface area is 292 Å². The maximum absolute atomic E-state index is 14.4. The van der Waals surface area contributed by atoms with Crippen molar-refractivity contribution in [3.8, 4) is 11.6 Å². The van der Waals surface area contributed by atoms with Gasteiger partial charge >= 0.3 is 12.1 Å². The number of aryl methyl sites for hydroxylation is 1. The van der Waals surface area contributed by atoms with Gasteiger partial charge in [-0.25, -0.2) is 19.6 Å². The van der Waals surface area contributed by atoms with E-state index in [0.29, 0.717) is 30.0 Å². The number of nitrogens with one attached hydrogen (secondary N) is 1. The highest BCUT2D eigenvalue weighted by molar-refractivity contribution is 5.90. The summed E-state index contributed by atoms with van der Waals surface area (Å²) in [6, 6.07) is 3.66. The number of carbonyl (C=O) groups is 3. The lowest BCUT2D eigenvalue weighted by molar-refractivity contribution is -0.160. The minimum absolute atomic E-state index is 0.104. The van der Waals surface area contributed by atoms with E-state index >= 15 is 0 Å². The molecular formula is C38H58N4O7. The van der Waals surface area contributed by atoms with Crippen LogP contribution in [0.2, 0.25) is 0 Å². The van der Waals surface area contributed by atoms with Crippen LogP contribution in [0.25, 0.3) is 11.0 Å². The summed E-state index contributed by atoms with van der Waals surface area (Å²) in [5.41, 5.74) is 1.47. The Kier molecular flexibility index (Phi) is 13.1. The first-order valence-electron chi connectivity index (χ1n) is 18.1. The standard InChI is InChI=1S/C38H58N4O7/c1-10-27-24(4)48-34-29(39-28-20-19-26(46-9)21-30(28)40-34)17-13-11-12-15-25-16-14-18-31(25)49-37(45)41-33(38(5,6)7)35(43)42(8)32(27)36(44)47-22-23(2)3/h19-21,23-25,27,31-33H,10-18,22H2,1-9H3,(H,41,45)/t24-,25+,27+,31+,32-,33+/m0/s1. The number of amides is 2. The predicted octanol–water partition coefficient (Wildman–Crippen LogP) is 6.88. The molecule has 272 valence electrons. The molecule has 1 fully saturated rings. The number of alkyl carbamates (subject to hydrolysis) is 1. The van der Waals surface area contributed by atoms with Crippen LogP contribution in [0.1, 0.15) is 106 Å². The number of likely N-dealkylation sites (N-methyl/N-ethyl adjacent to an activating group) is 1. The molecule has 0 radical (unpaired) electrons. The van der Waals surface area contributed by atoms with E-state index in [1.807, 2.05) is 66.7 Å². The SMILES string of the molecule is CC[C@@H]1[C@H](C)Oc2nc3cc(OC)ccc3nc2CCCCC[C@@H]2CCC[C@H]2OC(=O)N[C@@H](C(C)(C)C)C(=O)N(C)[C@@H]1C(=O)OCC(C)C. The summed E-state index contributed by atoms with van der Waals surface area (Å²) < 4.78 is 23.9. The fraction of sp³-hybridized carbons (Fsp3) is 0.711. The molecule has 0 saturated heterocycles. The largest absolute Gasteiger partial charge is 0.497 e. The van der Waals surface area contributed by atoms with Crippen LogP contribution in [0.3, 0.4) is 0 Å². The maximum Gasteiger partial charge on any atom is 0.408 e. The second-order valence-electron chi connectivity index (χ2n) is 15.3. The van der Waals surface area contributed by atoms with Crippen LogP contribution in [0.5, 0.6) is 11.6 Å². The van der Waals surface area contributed by atoms with E-state index in [9.17, 15) is 14.4 Å². The Bertz CT molecular complexity index is 1440. The third kappa shape index (κ3) is 9.75. The fourth-order valence-corrected chi connectivity index (χ4v) is 7.11. The number of rotatable bonds is 5. The summed E-state index contributed by atoms with van der Waals surface area (Å²) in [5, 5.41) is 2.89.